The van der Waals surface area contributed by atoms with Crippen molar-refractivity contribution in [2.75, 3.05) is 32.7 Å². The highest BCUT2D eigenvalue weighted by Crippen LogP contribution is 2.57. The largest absolute Gasteiger partial charge is 0.316 e. The highest BCUT2D eigenvalue weighted by molar-refractivity contribution is 5.07. The summed E-state index contributed by atoms with van der Waals surface area (Å²) in [6, 6.07) is 0. The minimum atomic E-state index is 0.483. The lowest BCUT2D eigenvalue weighted by Crippen LogP contribution is -2.36. The van der Waals surface area contributed by atoms with E-state index in [1.807, 2.05) is 0 Å². The van der Waals surface area contributed by atoms with Crippen molar-refractivity contribution in [2.45, 2.75) is 60.8 Å². The van der Waals surface area contributed by atoms with Gasteiger partial charge in [-0.1, -0.05) is 48.0 Å². The SMILES string of the molecule is CC(C)(C)C1C2CNCC21.CC(C)(C)CN1CCCCC1. The van der Waals surface area contributed by atoms with Gasteiger partial charge in [0.15, 0.2) is 0 Å². The minimum absolute atomic E-state index is 0.483. The maximum absolute atomic E-state index is 3.42. The first-order chi connectivity index (χ1) is 9.68. The number of rotatable bonds is 1. The molecule has 1 aliphatic carbocycles. The monoisotopic (exact) mass is 294 g/mol. The summed E-state index contributed by atoms with van der Waals surface area (Å²) < 4.78 is 0. The topological polar surface area (TPSA) is 15.3 Å². The van der Waals surface area contributed by atoms with Crippen molar-refractivity contribution in [3.05, 3.63) is 0 Å². The molecule has 124 valence electrons. The third-order valence-electron chi connectivity index (χ3n) is 5.24. The van der Waals surface area contributed by atoms with Gasteiger partial charge >= 0.3 is 0 Å². The Morgan fingerprint density at radius 3 is 1.76 bits per heavy atom. The van der Waals surface area contributed by atoms with Crippen LogP contribution in [-0.4, -0.2) is 37.6 Å². The van der Waals surface area contributed by atoms with Crippen molar-refractivity contribution >= 4 is 0 Å². The second kappa shape index (κ2) is 6.58. The summed E-state index contributed by atoms with van der Waals surface area (Å²) in [5.74, 6) is 3.08. The van der Waals surface area contributed by atoms with Crippen LogP contribution in [0.5, 0.6) is 0 Å². The van der Waals surface area contributed by atoms with Crippen LogP contribution in [0.25, 0.3) is 0 Å². The zero-order valence-corrected chi connectivity index (χ0v) is 15.3. The van der Waals surface area contributed by atoms with Crippen molar-refractivity contribution in [3.63, 3.8) is 0 Å². The fourth-order valence-electron chi connectivity index (χ4n) is 4.49. The summed E-state index contributed by atoms with van der Waals surface area (Å²) in [5, 5.41) is 3.42. The van der Waals surface area contributed by atoms with Gasteiger partial charge < -0.3 is 10.2 Å². The molecule has 2 heteroatoms. The van der Waals surface area contributed by atoms with E-state index in [1.165, 1.54) is 52.0 Å². The molecule has 3 rings (SSSR count). The zero-order chi connectivity index (χ0) is 15.7. The summed E-state index contributed by atoms with van der Waals surface area (Å²) in [5.41, 5.74) is 1.05. The summed E-state index contributed by atoms with van der Waals surface area (Å²) in [4.78, 5) is 2.60. The molecule has 0 aromatic carbocycles. The van der Waals surface area contributed by atoms with Crippen LogP contribution < -0.4 is 5.32 Å². The number of hydrogen-bond acceptors (Lipinski definition) is 2. The molecule has 1 N–H and O–H groups in total. The maximum atomic E-state index is 3.42. The third-order valence-corrected chi connectivity index (χ3v) is 5.24. The highest BCUT2D eigenvalue weighted by Gasteiger charge is 2.57. The Balaban J connectivity index is 0.000000154. The first-order valence-corrected chi connectivity index (χ1v) is 9.11. The van der Waals surface area contributed by atoms with Crippen LogP contribution in [0, 0.1) is 28.6 Å². The van der Waals surface area contributed by atoms with Crippen LogP contribution in [0.3, 0.4) is 0 Å². The lowest BCUT2D eigenvalue weighted by molar-refractivity contribution is 0.164. The van der Waals surface area contributed by atoms with Crippen molar-refractivity contribution < 1.29 is 0 Å². The van der Waals surface area contributed by atoms with Gasteiger partial charge in [-0.05, 0) is 67.6 Å². The van der Waals surface area contributed by atoms with Gasteiger partial charge in [0.1, 0.15) is 0 Å². The van der Waals surface area contributed by atoms with E-state index in [0.29, 0.717) is 10.8 Å². The first-order valence-electron chi connectivity index (χ1n) is 9.11. The van der Waals surface area contributed by atoms with Gasteiger partial charge in [-0.15, -0.1) is 0 Å². The average Bonchev–Trinajstić information content (AvgIpc) is 2.86. The van der Waals surface area contributed by atoms with Crippen LogP contribution >= 0.6 is 0 Å². The van der Waals surface area contributed by atoms with Crippen molar-refractivity contribution in [2.24, 2.45) is 28.6 Å². The van der Waals surface area contributed by atoms with E-state index in [1.54, 1.807) is 0 Å². The summed E-state index contributed by atoms with van der Waals surface area (Å²) in [7, 11) is 0. The summed E-state index contributed by atoms with van der Waals surface area (Å²) in [6.45, 7) is 20.6. The van der Waals surface area contributed by atoms with Crippen molar-refractivity contribution in [1.29, 1.82) is 0 Å². The van der Waals surface area contributed by atoms with Gasteiger partial charge in [0.25, 0.3) is 0 Å². The second-order valence-corrected chi connectivity index (χ2v) is 9.78. The van der Waals surface area contributed by atoms with E-state index in [4.69, 9.17) is 0 Å². The van der Waals surface area contributed by atoms with Crippen LogP contribution in [-0.2, 0) is 0 Å². The Kier molecular flexibility index (Phi) is 5.41. The lowest BCUT2D eigenvalue weighted by atomic mass is 9.87. The molecule has 2 nitrogen and oxygen atoms in total. The third kappa shape index (κ3) is 5.25. The molecular formula is C19H38N2. The average molecular weight is 295 g/mol. The number of nitrogens with one attached hydrogen (secondary N) is 1. The van der Waals surface area contributed by atoms with Gasteiger partial charge in [-0.2, -0.15) is 0 Å². The standard InChI is InChI=1S/C10H21N.C9H17N/c1-10(2,3)9-11-7-5-4-6-8-11;1-9(2,3)8-6-4-10-5-7(6)8/h4-9H2,1-3H3;6-8,10H,4-5H2,1-3H3. The van der Waals surface area contributed by atoms with Crippen molar-refractivity contribution in [3.8, 4) is 0 Å². The van der Waals surface area contributed by atoms with Crippen LogP contribution in [0.2, 0.25) is 0 Å². The molecule has 0 aromatic rings. The highest BCUT2D eigenvalue weighted by atomic mass is 15.1. The molecule has 3 aliphatic rings. The van der Waals surface area contributed by atoms with E-state index in [0.717, 1.165) is 17.8 Å². The van der Waals surface area contributed by atoms with Gasteiger partial charge in [-0.25, -0.2) is 0 Å². The van der Waals surface area contributed by atoms with Gasteiger partial charge in [0.05, 0.1) is 0 Å². The van der Waals surface area contributed by atoms with E-state index in [-0.39, 0.29) is 0 Å². The number of likely N-dealkylation sites (tertiary alicyclic amines) is 1. The molecule has 1 saturated carbocycles. The van der Waals surface area contributed by atoms with Gasteiger partial charge in [0.2, 0.25) is 0 Å². The molecule has 2 atom stereocenters. The fourth-order valence-corrected chi connectivity index (χ4v) is 4.49. The van der Waals surface area contributed by atoms with Crippen LogP contribution in [0.15, 0.2) is 0 Å². The zero-order valence-electron chi connectivity index (χ0n) is 15.3. The molecule has 0 amide bonds. The van der Waals surface area contributed by atoms with Crippen molar-refractivity contribution in [1.82, 2.24) is 10.2 Å². The van der Waals surface area contributed by atoms with E-state index < -0.39 is 0 Å². The van der Waals surface area contributed by atoms with E-state index in [9.17, 15) is 0 Å². The molecule has 0 aromatic heterocycles. The predicted molar refractivity (Wildman–Crippen MR) is 92.5 cm³/mol. The minimum Gasteiger partial charge on any atom is -0.316 e. The van der Waals surface area contributed by atoms with Gasteiger partial charge in [0, 0.05) is 6.54 Å². The normalized spacial score (nSPS) is 33.1. The Hall–Kier alpha value is -0.0800. The Labute approximate surface area is 133 Å². The Bertz CT molecular complexity index is 307. The molecule has 2 unspecified atom stereocenters. The number of fused-ring (bicyclic) bond motifs is 1. The first kappa shape index (κ1) is 17.3. The fraction of sp³-hybridized carbons (Fsp3) is 1.00. The second-order valence-electron chi connectivity index (χ2n) is 9.78. The van der Waals surface area contributed by atoms with Crippen LogP contribution in [0.4, 0.5) is 0 Å². The lowest BCUT2D eigenvalue weighted by Gasteiger charge is -2.32. The molecular weight excluding hydrogens is 256 g/mol. The maximum Gasteiger partial charge on any atom is 0.00300 e. The van der Waals surface area contributed by atoms with Crippen LogP contribution in [0.1, 0.15) is 60.8 Å². The van der Waals surface area contributed by atoms with E-state index in [2.05, 4.69) is 51.8 Å². The molecule has 3 fully saturated rings. The van der Waals surface area contributed by atoms with Gasteiger partial charge in [-0.3, -0.25) is 0 Å². The summed E-state index contributed by atoms with van der Waals surface area (Å²) in [6.07, 6.45) is 4.27. The number of hydrogen-bond donors (Lipinski definition) is 1. The molecule has 0 radical (unpaired) electrons. The number of nitrogens with zero attached hydrogens (tertiary/aromatic N) is 1. The molecule has 21 heavy (non-hydrogen) atoms. The number of piperidine rings is 2. The summed E-state index contributed by atoms with van der Waals surface area (Å²) >= 11 is 0. The molecule has 2 heterocycles. The molecule has 0 bridgehead atoms. The molecule has 2 aliphatic heterocycles. The van der Waals surface area contributed by atoms with E-state index >= 15 is 0 Å². The molecule has 2 saturated heterocycles. The molecule has 0 spiro atoms. The quantitative estimate of drug-likeness (QED) is 0.786. The predicted octanol–water partition coefficient (Wildman–Crippen LogP) is 4.02. The Morgan fingerprint density at radius 2 is 1.38 bits per heavy atom. The Morgan fingerprint density at radius 1 is 0.857 bits per heavy atom. The smallest absolute Gasteiger partial charge is 0.00300 e.